The lowest BCUT2D eigenvalue weighted by Crippen LogP contribution is -2.36. The van der Waals surface area contributed by atoms with E-state index in [1.807, 2.05) is 26.8 Å². The van der Waals surface area contributed by atoms with Crippen LogP contribution in [0.1, 0.15) is 109 Å². The first-order valence-corrected chi connectivity index (χ1v) is 20.0. The molecular weight excluding hydrogens is 735 g/mol. The van der Waals surface area contributed by atoms with Crippen LogP contribution in [0.4, 0.5) is 22.7 Å². The summed E-state index contributed by atoms with van der Waals surface area (Å²) < 4.78 is 0. The van der Waals surface area contributed by atoms with Gasteiger partial charge in [0, 0.05) is 47.8 Å². The summed E-state index contributed by atoms with van der Waals surface area (Å²) in [5.74, 6) is -3.39. The molecule has 0 radical (unpaired) electrons. The van der Waals surface area contributed by atoms with Crippen molar-refractivity contribution in [3.05, 3.63) is 115 Å². The zero-order valence-electron chi connectivity index (χ0n) is 32.5. The molecule has 7 N–H and O–H groups in total. The molecule has 0 unspecified atom stereocenters. The lowest BCUT2D eigenvalue weighted by molar-refractivity contribution is 0.0921. The van der Waals surface area contributed by atoms with Crippen LogP contribution in [0.3, 0.4) is 0 Å². The van der Waals surface area contributed by atoms with Crippen LogP contribution in [0.5, 0.6) is 0 Å². The average Bonchev–Trinajstić information content (AvgIpc) is 3.37. The number of carbonyl (C=O) groups is 6. The molecule has 1 aliphatic rings. The summed E-state index contributed by atoms with van der Waals surface area (Å²) in [5, 5.41) is 11.6. The molecule has 292 valence electrons. The topological polar surface area (TPSA) is 214 Å². The molecule has 14 nitrogen and oxygen atoms in total. The fourth-order valence-electron chi connectivity index (χ4n) is 7.20. The Labute approximate surface area is 325 Å². The Balaban J connectivity index is 1.50. The number of nitrogens with one attached hydrogen (secondary N) is 4. The van der Waals surface area contributed by atoms with Crippen LogP contribution in [-0.2, 0) is 0 Å². The minimum absolute atomic E-state index is 0.0232. The molecule has 0 spiro atoms. The third-order valence-corrected chi connectivity index (χ3v) is 10.9. The number of rotatable bonds is 12. The van der Waals surface area contributed by atoms with Gasteiger partial charge in [0.1, 0.15) is 0 Å². The zero-order valence-corrected chi connectivity index (χ0v) is 33.5. The number of aryl methyl sites for hydroxylation is 4. The van der Waals surface area contributed by atoms with Crippen LogP contribution in [0, 0.1) is 41.5 Å². The molecule has 0 aromatic heterocycles. The van der Waals surface area contributed by atoms with E-state index < -0.39 is 38.3 Å². The number of ketones is 1. The maximum Gasteiger partial charge on any atom is 0.492 e. The summed E-state index contributed by atoms with van der Waals surface area (Å²) in [6, 6.07) is 11.7. The van der Waals surface area contributed by atoms with Gasteiger partial charge in [-0.2, -0.15) is 0 Å². The van der Waals surface area contributed by atoms with Crippen molar-refractivity contribution in [3.63, 3.8) is 0 Å². The SMILES string of the molecule is CNc1c(C)cc(C)c(NC(=O)c2cc(C(=O)Nc3c(C)cc(C)c(N4C(=O)c5ccc(C(C)=O)cc5C4=O)c3C)ccc2C(=O)NCCC[Si](O)(O)O)c1C. The monoisotopic (exact) mass is 779 g/mol. The standard InChI is InChI=1S/C41H45N5O9Si/c1-20-16-21(2)34(24(5)33(20)42-8)45-39(50)31-19-28(11-12-29(31)38(49)43-14-9-15-56(53,54)55)37(48)44-35-22(3)17-23(4)36(25(35)6)46-40(51)30-13-10-27(26(7)47)18-32(30)41(46)52/h10-13,16-19,42,53-55H,9,14-15H2,1-8H3,(H,43,49)(H,44,48)(H,45,50). The van der Waals surface area contributed by atoms with E-state index in [1.54, 1.807) is 33.9 Å². The minimum Gasteiger partial charge on any atom is -0.390 e. The van der Waals surface area contributed by atoms with Gasteiger partial charge in [0.25, 0.3) is 29.5 Å². The second-order valence-corrected chi connectivity index (χ2v) is 16.1. The molecule has 0 saturated heterocycles. The van der Waals surface area contributed by atoms with Gasteiger partial charge >= 0.3 is 8.80 Å². The van der Waals surface area contributed by atoms with Gasteiger partial charge in [-0.15, -0.1) is 0 Å². The fourth-order valence-corrected chi connectivity index (χ4v) is 7.85. The predicted octanol–water partition coefficient (Wildman–Crippen LogP) is 5.12. The molecular formula is C41H45N5O9Si. The van der Waals surface area contributed by atoms with Gasteiger partial charge in [0.15, 0.2) is 5.78 Å². The Hall–Kier alpha value is -6.00. The van der Waals surface area contributed by atoms with Crippen molar-refractivity contribution in [2.45, 2.75) is 60.9 Å². The maximum absolute atomic E-state index is 14.0. The second-order valence-electron chi connectivity index (χ2n) is 14.1. The van der Waals surface area contributed by atoms with Gasteiger partial charge in [-0.1, -0.05) is 18.2 Å². The van der Waals surface area contributed by atoms with Gasteiger partial charge in [-0.3, -0.25) is 28.8 Å². The Morgan fingerprint density at radius 2 is 1.21 bits per heavy atom. The summed E-state index contributed by atoms with van der Waals surface area (Å²) in [6.45, 7) is 12.1. The molecule has 0 aliphatic carbocycles. The highest BCUT2D eigenvalue weighted by molar-refractivity contribution is 6.56. The van der Waals surface area contributed by atoms with Crippen LogP contribution in [0.2, 0.25) is 6.04 Å². The number of anilines is 4. The fraction of sp³-hybridized carbons (Fsp3) is 0.268. The highest BCUT2D eigenvalue weighted by Gasteiger charge is 2.39. The van der Waals surface area contributed by atoms with Crippen LogP contribution in [0.15, 0.2) is 48.5 Å². The molecule has 4 aromatic rings. The third kappa shape index (κ3) is 8.16. The number of Topliss-reactive ketones (excluding diaryl/α,β-unsaturated/α-hetero) is 1. The average molecular weight is 780 g/mol. The lowest BCUT2D eigenvalue weighted by atomic mass is 9.98. The van der Waals surface area contributed by atoms with Crippen molar-refractivity contribution >= 4 is 66.9 Å². The Morgan fingerprint density at radius 1 is 0.643 bits per heavy atom. The molecule has 56 heavy (non-hydrogen) atoms. The Bertz CT molecular complexity index is 2350. The maximum atomic E-state index is 14.0. The van der Waals surface area contributed by atoms with Crippen LogP contribution in [-0.4, -0.2) is 72.1 Å². The van der Waals surface area contributed by atoms with Crippen LogP contribution >= 0.6 is 0 Å². The Morgan fingerprint density at radius 3 is 1.84 bits per heavy atom. The van der Waals surface area contributed by atoms with E-state index >= 15 is 0 Å². The predicted molar refractivity (Wildman–Crippen MR) is 215 cm³/mol. The summed E-state index contributed by atoms with van der Waals surface area (Å²) >= 11 is 0. The number of benzene rings is 4. The van der Waals surface area contributed by atoms with Gasteiger partial charge in [-0.05, 0) is 119 Å². The molecule has 0 atom stereocenters. The largest absolute Gasteiger partial charge is 0.492 e. The van der Waals surface area contributed by atoms with Gasteiger partial charge in [0.2, 0.25) is 0 Å². The molecule has 1 heterocycles. The number of fused-ring (bicyclic) bond motifs is 1. The lowest BCUT2D eigenvalue weighted by Gasteiger charge is -2.23. The first-order chi connectivity index (χ1) is 26.2. The minimum atomic E-state index is -4.32. The molecule has 4 aromatic carbocycles. The van der Waals surface area contributed by atoms with E-state index in [1.165, 1.54) is 43.3 Å². The summed E-state index contributed by atoms with van der Waals surface area (Å²) in [5.41, 5.74) is 6.51. The normalized spacial score (nSPS) is 12.4. The highest BCUT2D eigenvalue weighted by atomic mass is 28.4. The third-order valence-electron chi connectivity index (χ3n) is 9.89. The van der Waals surface area contributed by atoms with E-state index in [4.69, 9.17) is 0 Å². The number of imide groups is 1. The van der Waals surface area contributed by atoms with Gasteiger partial charge in [0.05, 0.1) is 27.9 Å². The second kappa shape index (κ2) is 16.0. The van der Waals surface area contributed by atoms with Crippen molar-refractivity contribution in [1.29, 1.82) is 0 Å². The zero-order chi connectivity index (χ0) is 41.4. The summed E-state index contributed by atoms with van der Waals surface area (Å²) in [6.07, 6.45) is 0.0649. The highest BCUT2D eigenvalue weighted by Crippen LogP contribution is 2.39. The molecule has 0 fully saturated rings. The van der Waals surface area contributed by atoms with Gasteiger partial charge in [-0.25, -0.2) is 4.90 Å². The van der Waals surface area contributed by atoms with Crippen LogP contribution < -0.4 is 26.2 Å². The van der Waals surface area contributed by atoms with Crippen molar-refractivity contribution in [2.75, 3.05) is 34.4 Å². The molecule has 0 saturated carbocycles. The van der Waals surface area contributed by atoms with Crippen molar-refractivity contribution in [3.8, 4) is 0 Å². The molecule has 5 amide bonds. The first-order valence-electron chi connectivity index (χ1n) is 17.9. The summed E-state index contributed by atoms with van der Waals surface area (Å²) in [4.78, 5) is 110. The molecule has 5 rings (SSSR count). The Kier molecular flexibility index (Phi) is 11.8. The van der Waals surface area contributed by atoms with E-state index in [-0.39, 0.29) is 58.3 Å². The van der Waals surface area contributed by atoms with Gasteiger partial charge < -0.3 is 35.7 Å². The van der Waals surface area contributed by atoms with Crippen LogP contribution in [0.25, 0.3) is 0 Å². The van der Waals surface area contributed by atoms with E-state index in [2.05, 4.69) is 21.3 Å². The first kappa shape index (κ1) is 41.2. The molecule has 0 bridgehead atoms. The summed E-state index contributed by atoms with van der Waals surface area (Å²) in [7, 11) is -2.55. The number of amides is 5. The van der Waals surface area contributed by atoms with E-state index in [9.17, 15) is 43.2 Å². The number of hydrogen-bond donors (Lipinski definition) is 7. The van der Waals surface area contributed by atoms with E-state index in [0.29, 0.717) is 33.6 Å². The number of carbonyl (C=O) groups excluding carboxylic acids is 6. The van der Waals surface area contributed by atoms with Crippen molar-refractivity contribution in [1.82, 2.24) is 5.32 Å². The quantitative estimate of drug-likeness (QED) is 0.0436. The van der Waals surface area contributed by atoms with Crippen molar-refractivity contribution in [2.24, 2.45) is 0 Å². The van der Waals surface area contributed by atoms with Crippen molar-refractivity contribution < 1.29 is 43.2 Å². The number of hydrogen-bond acceptors (Lipinski definition) is 10. The van der Waals surface area contributed by atoms with E-state index in [0.717, 1.165) is 27.3 Å². The smallest absolute Gasteiger partial charge is 0.390 e. The number of nitrogens with zero attached hydrogens (tertiary/aromatic N) is 1. The molecule has 15 heteroatoms. The molecule has 1 aliphatic heterocycles.